The predicted octanol–water partition coefficient (Wildman–Crippen LogP) is 2.99. The van der Waals surface area contributed by atoms with Crippen molar-refractivity contribution in [1.29, 1.82) is 0 Å². The van der Waals surface area contributed by atoms with E-state index >= 15 is 0 Å². The normalized spacial score (nSPS) is 15.7. The van der Waals surface area contributed by atoms with Gasteiger partial charge in [0.15, 0.2) is 6.61 Å². The van der Waals surface area contributed by atoms with Gasteiger partial charge < -0.3 is 15.0 Å². The lowest BCUT2D eigenvalue weighted by Crippen LogP contribution is -2.48. The van der Waals surface area contributed by atoms with Crippen molar-refractivity contribution in [3.63, 3.8) is 0 Å². The van der Waals surface area contributed by atoms with E-state index in [-0.39, 0.29) is 17.4 Å². The number of likely N-dealkylation sites (N-methyl/N-ethyl adjacent to an activating group) is 1. The minimum Gasteiger partial charge on any atom is -0.483 e. The Morgan fingerprint density at radius 3 is 2.37 bits per heavy atom. The Kier molecular flexibility index (Phi) is 7.36. The van der Waals surface area contributed by atoms with E-state index in [1.165, 1.54) is 16.4 Å². The van der Waals surface area contributed by atoms with Gasteiger partial charge in [-0.2, -0.15) is 4.31 Å². The van der Waals surface area contributed by atoms with Gasteiger partial charge in [-0.05, 0) is 61.5 Å². The van der Waals surface area contributed by atoms with Crippen molar-refractivity contribution >= 4 is 33.2 Å². The molecule has 9 heteroatoms. The third-order valence-electron chi connectivity index (χ3n) is 5.05. The lowest BCUT2D eigenvalue weighted by molar-refractivity contribution is -0.118. The molecule has 1 heterocycles. The molecular weight excluding hydrogens is 426 g/mol. The van der Waals surface area contributed by atoms with Crippen molar-refractivity contribution in [2.45, 2.75) is 18.7 Å². The number of rotatable bonds is 7. The molecule has 1 N–H and O–H groups in total. The minimum absolute atomic E-state index is 0.162. The minimum atomic E-state index is -3.53. The summed E-state index contributed by atoms with van der Waals surface area (Å²) < 4.78 is 32.7. The molecule has 0 spiro atoms. The number of anilines is 1. The number of nitrogens with zero attached hydrogens (tertiary/aromatic N) is 2. The first-order valence-corrected chi connectivity index (χ1v) is 11.6. The first kappa shape index (κ1) is 22.6. The van der Waals surface area contributed by atoms with Gasteiger partial charge in [0.05, 0.1) is 4.90 Å². The van der Waals surface area contributed by atoms with Gasteiger partial charge in [-0.15, -0.1) is 0 Å². The Morgan fingerprint density at radius 2 is 1.77 bits per heavy atom. The monoisotopic (exact) mass is 451 g/mol. The summed E-state index contributed by atoms with van der Waals surface area (Å²) >= 11 is 5.91. The van der Waals surface area contributed by atoms with Gasteiger partial charge in [0.25, 0.3) is 5.91 Å². The van der Waals surface area contributed by atoms with Crippen molar-refractivity contribution in [3.05, 3.63) is 53.1 Å². The van der Waals surface area contributed by atoms with Crippen LogP contribution < -0.4 is 10.1 Å². The fraction of sp³-hybridized carbons (Fsp3) is 0.381. The van der Waals surface area contributed by atoms with Crippen LogP contribution >= 0.6 is 11.6 Å². The number of piperazine rings is 1. The standard InChI is InChI=1S/C21H26ClN3O4S/c1-3-24-10-12-25(13-11-24)30(27,28)19-7-5-18(6-8-19)23-21(26)15-29-20-9-4-17(22)14-16(20)2/h4-9,14H,3,10-13,15H2,1-2H3,(H,23,26). The Labute approximate surface area is 182 Å². The van der Waals surface area contributed by atoms with Gasteiger partial charge in [0.2, 0.25) is 10.0 Å². The molecule has 0 unspecified atom stereocenters. The Bertz CT molecular complexity index is 988. The maximum absolute atomic E-state index is 12.8. The SMILES string of the molecule is CCN1CCN(S(=O)(=O)c2ccc(NC(=O)COc3ccc(Cl)cc3C)cc2)CC1. The zero-order valence-corrected chi connectivity index (χ0v) is 18.7. The van der Waals surface area contributed by atoms with Gasteiger partial charge >= 0.3 is 0 Å². The van der Waals surface area contributed by atoms with Crippen LogP contribution in [0.25, 0.3) is 0 Å². The quantitative estimate of drug-likeness (QED) is 0.700. The molecule has 1 amide bonds. The number of amides is 1. The maximum atomic E-state index is 12.8. The summed E-state index contributed by atoms with van der Waals surface area (Å²) in [6.07, 6.45) is 0. The van der Waals surface area contributed by atoms with Crippen LogP contribution in [0.4, 0.5) is 5.69 Å². The molecule has 7 nitrogen and oxygen atoms in total. The molecule has 0 aromatic heterocycles. The summed E-state index contributed by atoms with van der Waals surface area (Å²) in [6.45, 7) is 7.10. The van der Waals surface area contributed by atoms with Crippen molar-refractivity contribution in [2.75, 3.05) is 44.6 Å². The van der Waals surface area contributed by atoms with E-state index in [1.54, 1.807) is 30.3 Å². The van der Waals surface area contributed by atoms with E-state index in [0.717, 1.165) is 25.2 Å². The number of ether oxygens (including phenoxy) is 1. The van der Waals surface area contributed by atoms with Crippen LogP contribution in [0.3, 0.4) is 0 Å². The zero-order chi connectivity index (χ0) is 21.7. The number of sulfonamides is 1. The lowest BCUT2D eigenvalue weighted by atomic mass is 10.2. The van der Waals surface area contributed by atoms with Gasteiger partial charge in [-0.1, -0.05) is 18.5 Å². The summed E-state index contributed by atoms with van der Waals surface area (Å²) in [4.78, 5) is 14.6. The Balaban J connectivity index is 1.56. The summed E-state index contributed by atoms with van der Waals surface area (Å²) in [6, 6.07) is 11.4. The fourth-order valence-corrected chi connectivity index (χ4v) is 4.91. The molecular formula is C21H26ClN3O4S. The second-order valence-electron chi connectivity index (χ2n) is 7.11. The average molecular weight is 452 g/mol. The number of hydrogen-bond acceptors (Lipinski definition) is 5. The average Bonchev–Trinajstić information content (AvgIpc) is 2.73. The van der Waals surface area contributed by atoms with Crippen LogP contribution in [0.1, 0.15) is 12.5 Å². The number of benzene rings is 2. The maximum Gasteiger partial charge on any atom is 0.262 e. The van der Waals surface area contributed by atoms with Crippen LogP contribution in [0.5, 0.6) is 5.75 Å². The molecule has 1 fully saturated rings. The summed E-state index contributed by atoms with van der Waals surface area (Å²) in [7, 11) is -3.53. The second-order valence-corrected chi connectivity index (χ2v) is 9.48. The van der Waals surface area contributed by atoms with Crippen molar-refractivity contribution in [2.24, 2.45) is 0 Å². The molecule has 0 saturated carbocycles. The van der Waals surface area contributed by atoms with Crippen molar-refractivity contribution < 1.29 is 17.9 Å². The molecule has 30 heavy (non-hydrogen) atoms. The molecule has 1 aliphatic heterocycles. The Morgan fingerprint density at radius 1 is 1.10 bits per heavy atom. The molecule has 0 aliphatic carbocycles. The lowest BCUT2D eigenvalue weighted by Gasteiger charge is -2.33. The summed E-state index contributed by atoms with van der Waals surface area (Å²) in [5.41, 5.74) is 1.34. The molecule has 162 valence electrons. The number of carbonyl (C=O) groups excluding carboxylic acids is 1. The van der Waals surface area contributed by atoms with Crippen LogP contribution in [-0.4, -0.2) is 62.9 Å². The van der Waals surface area contributed by atoms with Crippen LogP contribution in [0.15, 0.2) is 47.4 Å². The fourth-order valence-electron chi connectivity index (χ4n) is 3.26. The largest absolute Gasteiger partial charge is 0.483 e. The van der Waals surface area contributed by atoms with Gasteiger partial charge in [0.1, 0.15) is 5.75 Å². The highest BCUT2D eigenvalue weighted by atomic mass is 35.5. The van der Waals surface area contributed by atoms with E-state index < -0.39 is 10.0 Å². The first-order chi connectivity index (χ1) is 14.3. The Hall–Kier alpha value is -2.13. The van der Waals surface area contributed by atoms with E-state index in [2.05, 4.69) is 17.1 Å². The topological polar surface area (TPSA) is 79.0 Å². The van der Waals surface area contributed by atoms with E-state index in [0.29, 0.717) is 29.5 Å². The van der Waals surface area contributed by atoms with E-state index in [1.807, 2.05) is 6.92 Å². The molecule has 2 aromatic carbocycles. The molecule has 1 saturated heterocycles. The predicted molar refractivity (Wildman–Crippen MR) is 118 cm³/mol. The van der Waals surface area contributed by atoms with Crippen LogP contribution in [0, 0.1) is 6.92 Å². The first-order valence-electron chi connectivity index (χ1n) is 9.81. The summed E-state index contributed by atoms with van der Waals surface area (Å²) in [5, 5.41) is 3.31. The molecule has 2 aromatic rings. The molecule has 0 atom stereocenters. The number of halogens is 1. The van der Waals surface area contributed by atoms with Gasteiger partial charge in [0, 0.05) is 36.9 Å². The number of aryl methyl sites for hydroxylation is 1. The highest BCUT2D eigenvalue weighted by Gasteiger charge is 2.27. The van der Waals surface area contributed by atoms with Gasteiger partial charge in [-0.3, -0.25) is 4.79 Å². The summed E-state index contributed by atoms with van der Waals surface area (Å²) in [5.74, 6) is 0.245. The van der Waals surface area contributed by atoms with E-state index in [9.17, 15) is 13.2 Å². The zero-order valence-electron chi connectivity index (χ0n) is 17.1. The number of nitrogens with one attached hydrogen (secondary N) is 1. The van der Waals surface area contributed by atoms with Crippen molar-refractivity contribution in [1.82, 2.24) is 9.21 Å². The second kappa shape index (κ2) is 9.78. The third-order valence-corrected chi connectivity index (χ3v) is 7.20. The molecule has 0 bridgehead atoms. The highest BCUT2D eigenvalue weighted by molar-refractivity contribution is 7.89. The molecule has 0 radical (unpaired) electrons. The number of carbonyl (C=O) groups is 1. The van der Waals surface area contributed by atoms with Gasteiger partial charge in [-0.25, -0.2) is 8.42 Å². The van der Waals surface area contributed by atoms with Crippen LogP contribution in [-0.2, 0) is 14.8 Å². The molecule has 1 aliphatic rings. The molecule has 3 rings (SSSR count). The number of hydrogen-bond donors (Lipinski definition) is 1. The highest BCUT2D eigenvalue weighted by Crippen LogP contribution is 2.22. The smallest absolute Gasteiger partial charge is 0.262 e. The van der Waals surface area contributed by atoms with E-state index in [4.69, 9.17) is 16.3 Å². The van der Waals surface area contributed by atoms with Crippen molar-refractivity contribution in [3.8, 4) is 5.75 Å². The van der Waals surface area contributed by atoms with Crippen LogP contribution in [0.2, 0.25) is 5.02 Å². The third kappa shape index (κ3) is 5.51.